The molecule has 138 valence electrons. The van der Waals surface area contributed by atoms with Gasteiger partial charge in [-0.25, -0.2) is 4.98 Å². The van der Waals surface area contributed by atoms with E-state index in [1.54, 1.807) is 6.20 Å². The van der Waals surface area contributed by atoms with Crippen LogP contribution in [-0.2, 0) is 13.1 Å². The van der Waals surface area contributed by atoms with E-state index in [1.165, 1.54) is 0 Å². The fraction of sp³-hybridized carbons (Fsp3) is 0.263. The van der Waals surface area contributed by atoms with Crippen molar-refractivity contribution in [2.75, 3.05) is 11.1 Å². The molecule has 0 bridgehead atoms. The number of anilines is 2. The molecule has 4 rings (SSSR count). The quantitative estimate of drug-likeness (QED) is 0.541. The first-order valence-corrected chi connectivity index (χ1v) is 8.82. The Balaban J connectivity index is 1.63. The summed E-state index contributed by atoms with van der Waals surface area (Å²) in [4.78, 5) is 13.1. The third-order valence-corrected chi connectivity index (χ3v) is 4.27. The summed E-state index contributed by atoms with van der Waals surface area (Å²) >= 11 is 0. The number of rotatable bonds is 6. The van der Waals surface area contributed by atoms with Gasteiger partial charge in [0.2, 0.25) is 5.95 Å². The second kappa shape index (κ2) is 7.06. The fourth-order valence-electron chi connectivity index (χ4n) is 2.90. The number of fused-ring (bicyclic) bond motifs is 1. The first kappa shape index (κ1) is 17.0. The number of pyridine rings is 1. The molecule has 4 aromatic rings. The molecule has 8 nitrogen and oxygen atoms in total. The maximum atomic E-state index is 5.88. The maximum absolute atomic E-state index is 5.88. The van der Waals surface area contributed by atoms with Gasteiger partial charge in [-0.2, -0.15) is 4.98 Å². The zero-order valence-electron chi connectivity index (χ0n) is 15.3. The van der Waals surface area contributed by atoms with Crippen LogP contribution in [0.2, 0.25) is 0 Å². The number of hydrogen-bond acceptors (Lipinski definition) is 7. The summed E-state index contributed by atoms with van der Waals surface area (Å²) in [5.41, 5.74) is 9.31. The normalized spacial score (nSPS) is 11.4. The Morgan fingerprint density at radius 3 is 2.81 bits per heavy atom. The van der Waals surface area contributed by atoms with E-state index in [0.29, 0.717) is 24.8 Å². The molecular weight excluding hydrogens is 342 g/mol. The van der Waals surface area contributed by atoms with Crippen LogP contribution in [0.15, 0.2) is 47.2 Å². The molecule has 0 spiro atoms. The molecule has 0 radical (unpaired) electrons. The summed E-state index contributed by atoms with van der Waals surface area (Å²) in [5.74, 6) is 2.04. The van der Waals surface area contributed by atoms with Gasteiger partial charge in [-0.05, 0) is 18.2 Å². The van der Waals surface area contributed by atoms with E-state index in [2.05, 4.69) is 43.8 Å². The Morgan fingerprint density at radius 1 is 1.19 bits per heavy atom. The average molecular weight is 363 g/mol. The van der Waals surface area contributed by atoms with Crippen LogP contribution in [0.4, 0.5) is 11.8 Å². The molecule has 27 heavy (non-hydrogen) atoms. The number of nitrogens with zero attached hydrogens (tertiary/aromatic N) is 5. The van der Waals surface area contributed by atoms with Gasteiger partial charge in [0.25, 0.3) is 0 Å². The predicted octanol–water partition coefficient (Wildman–Crippen LogP) is 3.18. The van der Waals surface area contributed by atoms with Crippen LogP contribution in [0.1, 0.15) is 36.9 Å². The van der Waals surface area contributed by atoms with Gasteiger partial charge in [0.1, 0.15) is 17.0 Å². The molecule has 4 heterocycles. The Hall–Kier alpha value is -3.42. The summed E-state index contributed by atoms with van der Waals surface area (Å²) in [5, 5.41) is 7.42. The van der Waals surface area contributed by atoms with Gasteiger partial charge in [-0.15, -0.1) is 0 Å². The highest BCUT2D eigenvalue weighted by Crippen LogP contribution is 2.24. The van der Waals surface area contributed by atoms with E-state index in [0.717, 1.165) is 28.2 Å². The Labute approximate surface area is 156 Å². The lowest BCUT2D eigenvalue weighted by Gasteiger charge is -2.10. The molecule has 0 aromatic carbocycles. The largest absolute Gasteiger partial charge is 0.368 e. The van der Waals surface area contributed by atoms with Gasteiger partial charge in [0, 0.05) is 24.4 Å². The van der Waals surface area contributed by atoms with Crippen molar-refractivity contribution in [3.8, 4) is 0 Å². The van der Waals surface area contributed by atoms with Gasteiger partial charge in [-0.3, -0.25) is 4.98 Å². The molecule has 4 aromatic heterocycles. The van der Waals surface area contributed by atoms with Crippen molar-refractivity contribution in [3.63, 3.8) is 0 Å². The minimum Gasteiger partial charge on any atom is -0.368 e. The molecule has 0 aliphatic rings. The average Bonchev–Trinajstić information content (AvgIpc) is 3.28. The monoisotopic (exact) mass is 363 g/mol. The summed E-state index contributed by atoms with van der Waals surface area (Å²) in [6.07, 6.45) is 3.75. The molecule has 0 amide bonds. The van der Waals surface area contributed by atoms with E-state index < -0.39 is 0 Å². The zero-order valence-corrected chi connectivity index (χ0v) is 15.3. The van der Waals surface area contributed by atoms with Crippen LogP contribution in [-0.4, -0.2) is 24.7 Å². The standard InChI is InChI=1S/C19H21N7O/c1-12(2)16-9-14(25-27-16)10-22-18-17-15(23-19(20)24-18)6-8-26(17)11-13-5-3-4-7-21-13/h3-9,12H,10-11H2,1-2H3,(H3,20,22,23,24). The summed E-state index contributed by atoms with van der Waals surface area (Å²) < 4.78 is 7.41. The Morgan fingerprint density at radius 2 is 2.07 bits per heavy atom. The third kappa shape index (κ3) is 3.59. The summed E-state index contributed by atoms with van der Waals surface area (Å²) in [6, 6.07) is 9.73. The second-order valence-corrected chi connectivity index (χ2v) is 6.66. The topological polar surface area (TPSA) is 108 Å². The molecule has 0 saturated carbocycles. The highest BCUT2D eigenvalue weighted by Gasteiger charge is 2.13. The highest BCUT2D eigenvalue weighted by atomic mass is 16.5. The molecule has 0 aliphatic heterocycles. The first-order valence-electron chi connectivity index (χ1n) is 8.82. The number of hydrogen-bond donors (Lipinski definition) is 2. The van der Waals surface area contributed by atoms with Crippen molar-refractivity contribution < 1.29 is 4.52 Å². The number of nitrogen functional groups attached to an aromatic ring is 1. The lowest BCUT2D eigenvalue weighted by molar-refractivity contribution is 0.366. The van der Waals surface area contributed by atoms with E-state index in [9.17, 15) is 0 Å². The summed E-state index contributed by atoms with van der Waals surface area (Å²) in [7, 11) is 0. The molecule has 3 N–H and O–H groups in total. The van der Waals surface area contributed by atoms with Crippen LogP contribution in [0, 0.1) is 0 Å². The van der Waals surface area contributed by atoms with E-state index in [4.69, 9.17) is 10.3 Å². The fourth-order valence-corrected chi connectivity index (χ4v) is 2.90. The minimum absolute atomic E-state index is 0.226. The molecule has 8 heteroatoms. The van der Waals surface area contributed by atoms with E-state index >= 15 is 0 Å². The van der Waals surface area contributed by atoms with Crippen molar-refractivity contribution in [2.24, 2.45) is 0 Å². The van der Waals surface area contributed by atoms with Crippen molar-refractivity contribution in [3.05, 3.63) is 59.9 Å². The van der Waals surface area contributed by atoms with Gasteiger partial charge < -0.3 is 20.1 Å². The zero-order chi connectivity index (χ0) is 18.8. The first-order chi connectivity index (χ1) is 13.1. The Bertz CT molecular complexity index is 1050. The Kier molecular flexibility index (Phi) is 4.45. The van der Waals surface area contributed by atoms with Crippen molar-refractivity contribution in [2.45, 2.75) is 32.9 Å². The van der Waals surface area contributed by atoms with Gasteiger partial charge in [0.15, 0.2) is 5.82 Å². The molecule has 0 unspecified atom stereocenters. The number of nitrogens with one attached hydrogen (secondary N) is 1. The van der Waals surface area contributed by atoms with Crippen LogP contribution in [0.3, 0.4) is 0 Å². The van der Waals surface area contributed by atoms with E-state index in [1.807, 2.05) is 36.5 Å². The second-order valence-electron chi connectivity index (χ2n) is 6.66. The van der Waals surface area contributed by atoms with Gasteiger partial charge in [0.05, 0.1) is 24.3 Å². The molecule has 0 saturated heterocycles. The highest BCUT2D eigenvalue weighted by molar-refractivity contribution is 5.87. The van der Waals surface area contributed by atoms with Crippen molar-refractivity contribution >= 4 is 22.8 Å². The van der Waals surface area contributed by atoms with Crippen LogP contribution >= 0.6 is 0 Å². The SMILES string of the molecule is CC(C)c1cc(CNc2nc(N)nc3ccn(Cc4ccccn4)c23)no1. The lowest BCUT2D eigenvalue weighted by atomic mass is 10.1. The van der Waals surface area contributed by atoms with E-state index in [-0.39, 0.29) is 5.95 Å². The maximum Gasteiger partial charge on any atom is 0.222 e. The summed E-state index contributed by atoms with van der Waals surface area (Å²) in [6.45, 7) is 5.23. The minimum atomic E-state index is 0.226. The van der Waals surface area contributed by atoms with Crippen LogP contribution in [0.25, 0.3) is 11.0 Å². The third-order valence-electron chi connectivity index (χ3n) is 4.27. The smallest absolute Gasteiger partial charge is 0.222 e. The molecular formula is C19H21N7O. The molecule has 0 fully saturated rings. The van der Waals surface area contributed by atoms with Gasteiger partial charge in [-0.1, -0.05) is 25.1 Å². The number of nitrogens with two attached hydrogens (primary N) is 1. The van der Waals surface area contributed by atoms with Crippen LogP contribution < -0.4 is 11.1 Å². The number of aromatic nitrogens is 5. The molecule has 0 atom stereocenters. The predicted molar refractivity (Wildman–Crippen MR) is 103 cm³/mol. The molecule has 0 aliphatic carbocycles. The van der Waals surface area contributed by atoms with Crippen molar-refractivity contribution in [1.29, 1.82) is 0 Å². The van der Waals surface area contributed by atoms with Crippen molar-refractivity contribution in [1.82, 2.24) is 24.7 Å². The van der Waals surface area contributed by atoms with Gasteiger partial charge >= 0.3 is 0 Å². The van der Waals surface area contributed by atoms with Crippen LogP contribution in [0.5, 0.6) is 0 Å². The lowest BCUT2D eigenvalue weighted by Crippen LogP contribution is -2.08.